The maximum Gasteiger partial charge on any atom is 0.323 e. The van der Waals surface area contributed by atoms with Crippen molar-refractivity contribution in [1.82, 2.24) is 10.3 Å². The Bertz CT molecular complexity index is 439. The van der Waals surface area contributed by atoms with Crippen molar-refractivity contribution in [3.05, 3.63) is 22.8 Å². The lowest BCUT2D eigenvalue weighted by Gasteiger charge is -2.28. The van der Waals surface area contributed by atoms with Gasteiger partial charge in [0.25, 0.3) is 0 Å². The van der Waals surface area contributed by atoms with E-state index in [0.29, 0.717) is 6.42 Å². The van der Waals surface area contributed by atoms with E-state index in [1.807, 2.05) is 26.0 Å². The van der Waals surface area contributed by atoms with E-state index >= 15 is 0 Å². The predicted octanol–water partition coefficient (Wildman–Crippen LogP) is 3.56. The average Bonchev–Trinajstić information content (AvgIpc) is 2.36. The molecule has 1 unspecified atom stereocenters. The Morgan fingerprint density at radius 3 is 2.75 bits per heavy atom. The molecule has 0 amide bonds. The third-order valence-electron chi connectivity index (χ3n) is 2.85. The van der Waals surface area contributed by atoms with Gasteiger partial charge in [-0.25, -0.2) is 4.98 Å². The number of hydrogen-bond donors (Lipinski definition) is 2. The SMILES string of the molecule is CC(C)NC(C)(CCCSc1ccc(Br)cn1)C(=O)O. The van der Waals surface area contributed by atoms with Crippen LogP contribution in [-0.4, -0.2) is 33.4 Å². The van der Waals surface area contributed by atoms with Gasteiger partial charge in [0.15, 0.2) is 0 Å². The maximum atomic E-state index is 11.4. The van der Waals surface area contributed by atoms with E-state index in [1.54, 1.807) is 24.9 Å². The Labute approximate surface area is 132 Å². The van der Waals surface area contributed by atoms with Crippen molar-refractivity contribution in [2.24, 2.45) is 0 Å². The fourth-order valence-corrected chi connectivity index (χ4v) is 2.95. The summed E-state index contributed by atoms with van der Waals surface area (Å²) in [5.41, 5.74) is -0.859. The second kappa shape index (κ2) is 8.00. The molecule has 0 aliphatic heterocycles. The minimum absolute atomic E-state index is 0.150. The molecule has 0 aliphatic rings. The largest absolute Gasteiger partial charge is 0.480 e. The first-order valence-electron chi connectivity index (χ1n) is 6.59. The number of nitrogens with one attached hydrogen (secondary N) is 1. The molecule has 0 aromatic carbocycles. The summed E-state index contributed by atoms with van der Waals surface area (Å²) in [6, 6.07) is 4.06. The van der Waals surface area contributed by atoms with Crippen LogP contribution in [0.25, 0.3) is 0 Å². The molecule has 1 aromatic rings. The lowest BCUT2D eigenvalue weighted by molar-refractivity contribution is -0.144. The number of aliphatic carboxylic acids is 1. The standard InChI is InChI=1S/C14H21BrN2O2S/c1-10(2)17-14(3,13(18)19)7-4-8-20-12-6-5-11(15)9-16-12/h5-6,9-10,17H,4,7-8H2,1-3H3,(H,18,19). The van der Waals surface area contributed by atoms with Gasteiger partial charge in [0, 0.05) is 16.7 Å². The third kappa shape index (κ3) is 5.81. The molecule has 2 N–H and O–H groups in total. The number of nitrogens with zero attached hydrogens (tertiary/aromatic N) is 1. The number of carboxylic acids is 1. The normalized spacial score (nSPS) is 14.2. The molecule has 0 bridgehead atoms. The highest BCUT2D eigenvalue weighted by Crippen LogP contribution is 2.21. The Hall–Kier alpha value is -0.590. The van der Waals surface area contributed by atoms with Crippen LogP contribution in [0.2, 0.25) is 0 Å². The Balaban J connectivity index is 2.41. The molecule has 0 radical (unpaired) electrons. The summed E-state index contributed by atoms with van der Waals surface area (Å²) in [5, 5.41) is 13.4. The molecule has 6 heteroatoms. The second-order valence-electron chi connectivity index (χ2n) is 5.20. The highest BCUT2D eigenvalue weighted by molar-refractivity contribution is 9.10. The topological polar surface area (TPSA) is 62.2 Å². The maximum absolute atomic E-state index is 11.4. The third-order valence-corrected chi connectivity index (χ3v) is 4.35. The van der Waals surface area contributed by atoms with E-state index in [9.17, 15) is 9.90 Å². The molecule has 0 spiro atoms. The number of carboxylic acid groups (broad SMARTS) is 1. The molecule has 0 fully saturated rings. The minimum atomic E-state index is -0.859. The predicted molar refractivity (Wildman–Crippen MR) is 86.2 cm³/mol. The lowest BCUT2D eigenvalue weighted by Crippen LogP contribution is -2.52. The van der Waals surface area contributed by atoms with Crippen molar-refractivity contribution in [3.63, 3.8) is 0 Å². The van der Waals surface area contributed by atoms with E-state index in [0.717, 1.165) is 21.7 Å². The summed E-state index contributed by atoms with van der Waals surface area (Å²) >= 11 is 4.99. The molecule has 1 aromatic heterocycles. The summed E-state index contributed by atoms with van der Waals surface area (Å²) < 4.78 is 0.960. The number of aromatic nitrogens is 1. The first kappa shape index (κ1) is 17.5. The Kier molecular flexibility index (Phi) is 6.99. The Morgan fingerprint density at radius 1 is 1.55 bits per heavy atom. The van der Waals surface area contributed by atoms with Gasteiger partial charge in [-0.05, 0) is 67.4 Å². The van der Waals surface area contributed by atoms with E-state index in [4.69, 9.17) is 0 Å². The summed E-state index contributed by atoms with van der Waals surface area (Å²) in [5.74, 6) is 0.0649. The summed E-state index contributed by atoms with van der Waals surface area (Å²) in [6.07, 6.45) is 3.19. The number of halogens is 1. The van der Waals surface area contributed by atoms with Crippen LogP contribution in [0, 0.1) is 0 Å². The van der Waals surface area contributed by atoms with Gasteiger partial charge >= 0.3 is 5.97 Å². The van der Waals surface area contributed by atoms with E-state index in [1.165, 1.54) is 0 Å². The molecule has 0 saturated heterocycles. The van der Waals surface area contributed by atoms with Crippen molar-refractivity contribution in [2.75, 3.05) is 5.75 Å². The van der Waals surface area contributed by atoms with Crippen LogP contribution in [-0.2, 0) is 4.79 Å². The zero-order valence-corrected chi connectivity index (χ0v) is 14.4. The highest BCUT2D eigenvalue weighted by Gasteiger charge is 2.32. The smallest absolute Gasteiger partial charge is 0.323 e. The fraction of sp³-hybridized carbons (Fsp3) is 0.571. The first-order valence-corrected chi connectivity index (χ1v) is 8.37. The number of thioether (sulfide) groups is 1. The van der Waals surface area contributed by atoms with Crippen molar-refractivity contribution in [2.45, 2.75) is 50.2 Å². The van der Waals surface area contributed by atoms with E-state index in [-0.39, 0.29) is 6.04 Å². The zero-order valence-electron chi connectivity index (χ0n) is 12.0. The first-order chi connectivity index (χ1) is 9.33. The molecule has 4 nitrogen and oxygen atoms in total. The zero-order chi connectivity index (χ0) is 15.2. The summed E-state index contributed by atoms with van der Waals surface area (Å²) in [4.78, 5) is 15.7. The van der Waals surface area contributed by atoms with Gasteiger partial charge in [0.1, 0.15) is 5.54 Å². The molecule has 0 saturated carbocycles. The van der Waals surface area contributed by atoms with Crippen molar-refractivity contribution < 1.29 is 9.90 Å². The van der Waals surface area contributed by atoms with Gasteiger partial charge in [0.2, 0.25) is 0 Å². The molecular weight excluding hydrogens is 340 g/mol. The monoisotopic (exact) mass is 360 g/mol. The number of hydrogen-bond acceptors (Lipinski definition) is 4. The Morgan fingerprint density at radius 2 is 2.25 bits per heavy atom. The highest BCUT2D eigenvalue weighted by atomic mass is 79.9. The molecule has 1 atom stereocenters. The quantitative estimate of drug-likeness (QED) is 0.548. The summed E-state index contributed by atoms with van der Waals surface area (Å²) in [7, 11) is 0. The van der Waals surface area contributed by atoms with E-state index < -0.39 is 11.5 Å². The molecule has 1 rings (SSSR count). The van der Waals surface area contributed by atoms with Gasteiger partial charge < -0.3 is 5.11 Å². The fourth-order valence-electron chi connectivity index (χ4n) is 1.93. The lowest BCUT2D eigenvalue weighted by atomic mass is 9.95. The van der Waals surface area contributed by atoms with Gasteiger partial charge in [0.05, 0.1) is 5.03 Å². The van der Waals surface area contributed by atoms with Gasteiger partial charge in [-0.3, -0.25) is 10.1 Å². The second-order valence-corrected chi connectivity index (χ2v) is 7.23. The van der Waals surface area contributed by atoms with Gasteiger partial charge in [-0.2, -0.15) is 0 Å². The van der Waals surface area contributed by atoms with Gasteiger partial charge in [-0.15, -0.1) is 11.8 Å². The average molecular weight is 361 g/mol. The number of carbonyl (C=O) groups is 1. The number of pyridine rings is 1. The van der Waals surface area contributed by atoms with Crippen molar-refractivity contribution in [3.8, 4) is 0 Å². The van der Waals surface area contributed by atoms with Crippen LogP contribution < -0.4 is 5.32 Å². The molecular formula is C14H21BrN2O2S. The summed E-state index contributed by atoms with van der Waals surface area (Å²) in [6.45, 7) is 5.67. The van der Waals surface area contributed by atoms with E-state index in [2.05, 4.69) is 26.2 Å². The minimum Gasteiger partial charge on any atom is -0.480 e. The van der Waals surface area contributed by atoms with Crippen LogP contribution in [0.1, 0.15) is 33.6 Å². The molecule has 1 heterocycles. The number of rotatable bonds is 8. The van der Waals surface area contributed by atoms with Crippen molar-refractivity contribution in [1.29, 1.82) is 0 Å². The van der Waals surface area contributed by atoms with Crippen LogP contribution in [0.5, 0.6) is 0 Å². The van der Waals surface area contributed by atoms with Crippen molar-refractivity contribution >= 4 is 33.7 Å². The molecule has 20 heavy (non-hydrogen) atoms. The van der Waals surface area contributed by atoms with Crippen LogP contribution in [0.4, 0.5) is 0 Å². The van der Waals surface area contributed by atoms with Crippen LogP contribution in [0.3, 0.4) is 0 Å². The molecule has 0 aliphatic carbocycles. The van der Waals surface area contributed by atoms with Crippen LogP contribution in [0.15, 0.2) is 27.8 Å². The molecule has 112 valence electrons. The van der Waals surface area contributed by atoms with Gasteiger partial charge in [-0.1, -0.05) is 0 Å². The van der Waals surface area contributed by atoms with Crippen LogP contribution >= 0.6 is 27.7 Å².